The minimum absolute atomic E-state index is 0.118. The summed E-state index contributed by atoms with van der Waals surface area (Å²) in [6.45, 7) is 4.93. The Morgan fingerprint density at radius 2 is 1.93 bits per heavy atom. The second kappa shape index (κ2) is 7.32. The third-order valence-electron chi connectivity index (χ3n) is 5.90. The molecule has 1 spiro atoms. The van der Waals surface area contributed by atoms with Crippen molar-refractivity contribution in [3.05, 3.63) is 46.3 Å². The van der Waals surface area contributed by atoms with E-state index in [4.69, 9.17) is 9.47 Å². The monoisotopic (exact) mass is 419 g/mol. The zero-order valence-electron chi connectivity index (χ0n) is 16.2. The molecule has 0 amide bonds. The third kappa shape index (κ3) is 3.31. The predicted molar refractivity (Wildman–Crippen MR) is 105 cm³/mol. The van der Waals surface area contributed by atoms with E-state index in [1.165, 1.54) is 32.9 Å². The summed E-state index contributed by atoms with van der Waals surface area (Å²) in [7, 11) is 0. The minimum atomic E-state index is -0.458. The van der Waals surface area contributed by atoms with Crippen molar-refractivity contribution in [3.8, 4) is 5.88 Å². The fraction of sp³-hybridized carbons (Fsp3) is 0.500. The number of hydrogen-bond acceptors (Lipinski definition) is 6. The molecule has 9 heteroatoms. The summed E-state index contributed by atoms with van der Waals surface area (Å²) in [5, 5.41) is 15.4. The van der Waals surface area contributed by atoms with E-state index >= 15 is 0 Å². The number of likely N-dealkylation sites (tertiary alicyclic amines) is 1. The van der Waals surface area contributed by atoms with Crippen LogP contribution in [0.1, 0.15) is 42.1 Å². The fourth-order valence-electron chi connectivity index (χ4n) is 4.38. The number of hydrogen-bond donors (Lipinski definition) is 2. The van der Waals surface area contributed by atoms with Gasteiger partial charge in [0.1, 0.15) is 10.7 Å². The molecule has 1 atom stereocenters. The molecular formula is C20H24FN4O3S+. The lowest BCUT2D eigenvalue weighted by Gasteiger charge is -2.38. The molecule has 5 rings (SSSR count). The summed E-state index contributed by atoms with van der Waals surface area (Å²) in [5.74, 6) is 0.0970. The Morgan fingerprint density at radius 1 is 1.24 bits per heavy atom. The largest absolute Gasteiger partial charge is 0.492 e. The molecule has 2 aliphatic heterocycles. The van der Waals surface area contributed by atoms with Crippen molar-refractivity contribution in [2.45, 2.75) is 38.0 Å². The molecule has 1 aromatic carbocycles. The number of benzene rings is 1. The number of nitrogens with zero attached hydrogens (tertiary/aromatic N) is 3. The first-order chi connectivity index (χ1) is 14.1. The molecule has 0 aliphatic carbocycles. The maximum Gasteiger partial charge on any atom is 0.235 e. The number of quaternary nitrogens is 1. The van der Waals surface area contributed by atoms with Crippen molar-refractivity contribution in [3.63, 3.8) is 0 Å². The molecule has 2 fully saturated rings. The highest BCUT2D eigenvalue weighted by molar-refractivity contribution is 7.17. The summed E-state index contributed by atoms with van der Waals surface area (Å²) < 4.78 is 26.8. The van der Waals surface area contributed by atoms with Gasteiger partial charge in [0.15, 0.2) is 17.7 Å². The summed E-state index contributed by atoms with van der Waals surface area (Å²) >= 11 is 1.45. The zero-order chi connectivity index (χ0) is 20.0. The van der Waals surface area contributed by atoms with Gasteiger partial charge in [-0.25, -0.2) is 9.37 Å². The van der Waals surface area contributed by atoms with Gasteiger partial charge in [-0.05, 0) is 24.3 Å². The van der Waals surface area contributed by atoms with Crippen molar-refractivity contribution in [1.29, 1.82) is 0 Å². The van der Waals surface area contributed by atoms with Crippen molar-refractivity contribution in [2.24, 2.45) is 0 Å². The van der Waals surface area contributed by atoms with Crippen LogP contribution in [-0.2, 0) is 15.9 Å². The van der Waals surface area contributed by atoms with Crippen molar-refractivity contribution in [2.75, 3.05) is 26.3 Å². The number of thiazole rings is 1. The van der Waals surface area contributed by atoms with E-state index < -0.39 is 5.79 Å². The Labute approximate surface area is 171 Å². The number of aryl methyl sites for hydroxylation is 1. The number of aromatic nitrogens is 3. The Balaban J connectivity index is 1.52. The van der Waals surface area contributed by atoms with E-state index in [1.54, 1.807) is 12.1 Å². The van der Waals surface area contributed by atoms with E-state index in [2.05, 4.69) is 10.1 Å². The van der Waals surface area contributed by atoms with Crippen LogP contribution < -0.4 is 4.90 Å². The summed E-state index contributed by atoms with van der Waals surface area (Å²) in [6.07, 6.45) is 2.30. The van der Waals surface area contributed by atoms with Gasteiger partial charge in [0.25, 0.3) is 0 Å². The average Bonchev–Trinajstić information content (AvgIpc) is 3.43. The minimum Gasteiger partial charge on any atom is -0.492 e. The lowest BCUT2D eigenvalue weighted by molar-refractivity contribution is -0.933. The molecule has 0 unspecified atom stereocenters. The number of rotatable bonds is 4. The van der Waals surface area contributed by atoms with Gasteiger partial charge in [-0.3, -0.25) is 0 Å². The predicted octanol–water partition coefficient (Wildman–Crippen LogP) is 1.71. The first-order valence-corrected chi connectivity index (χ1v) is 10.9. The maximum atomic E-state index is 13.6. The molecule has 4 heterocycles. The Hall–Kier alpha value is -2.07. The van der Waals surface area contributed by atoms with Crippen LogP contribution in [0.25, 0.3) is 4.96 Å². The highest BCUT2D eigenvalue weighted by atomic mass is 32.1. The van der Waals surface area contributed by atoms with Crippen LogP contribution in [0.15, 0.2) is 24.3 Å². The molecule has 2 saturated heterocycles. The van der Waals surface area contributed by atoms with Gasteiger partial charge in [-0.1, -0.05) is 18.3 Å². The number of fused-ring (bicyclic) bond motifs is 1. The molecule has 2 aliphatic rings. The summed E-state index contributed by atoms with van der Waals surface area (Å²) in [6, 6.07) is 6.41. The molecule has 0 bridgehead atoms. The van der Waals surface area contributed by atoms with E-state index in [1.807, 2.05) is 6.92 Å². The van der Waals surface area contributed by atoms with Gasteiger partial charge in [-0.15, -0.1) is 5.10 Å². The smallest absolute Gasteiger partial charge is 0.235 e. The van der Waals surface area contributed by atoms with Gasteiger partial charge in [0, 0.05) is 12.0 Å². The van der Waals surface area contributed by atoms with Crippen LogP contribution in [0, 0.1) is 5.82 Å². The number of piperidine rings is 1. The molecule has 2 N–H and O–H groups in total. The van der Waals surface area contributed by atoms with Crippen LogP contribution in [0.4, 0.5) is 4.39 Å². The molecule has 0 radical (unpaired) electrons. The lowest BCUT2D eigenvalue weighted by atomic mass is 9.97. The second-order valence-corrected chi connectivity index (χ2v) is 8.63. The molecule has 0 saturated carbocycles. The Morgan fingerprint density at radius 3 is 2.55 bits per heavy atom. The van der Waals surface area contributed by atoms with Gasteiger partial charge in [-0.2, -0.15) is 4.52 Å². The molecule has 29 heavy (non-hydrogen) atoms. The summed E-state index contributed by atoms with van der Waals surface area (Å²) in [4.78, 5) is 7.27. The van der Waals surface area contributed by atoms with Gasteiger partial charge in [0.05, 0.1) is 39.1 Å². The first kappa shape index (κ1) is 18.9. The summed E-state index contributed by atoms with van der Waals surface area (Å²) in [5.41, 5.74) is 0.959. The van der Waals surface area contributed by atoms with Crippen molar-refractivity contribution >= 4 is 16.3 Å². The molecule has 2 aromatic heterocycles. The highest BCUT2D eigenvalue weighted by Gasteiger charge is 2.45. The number of halogens is 1. The third-order valence-corrected chi connectivity index (χ3v) is 6.99. The van der Waals surface area contributed by atoms with Gasteiger partial charge in [0.2, 0.25) is 10.8 Å². The quantitative estimate of drug-likeness (QED) is 0.674. The fourth-order valence-corrected chi connectivity index (χ4v) is 5.54. The van der Waals surface area contributed by atoms with Gasteiger partial charge >= 0.3 is 0 Å². The molecule has 154 valence electrons. The Bertz CT molecular complexity index is 1000. The highest BCUT2D eigenvalue weighted by Crippen LogP contribution is 2.36. The number of nitrogens with one attached hydrogen (secondary N) is 1. The normalized spacial score (nSPS) is 20.6. The molecule has 3 aromatic rings. The standard InChI is InChI=1S/C20H23FN4O3S/c1-2-15-22-19-25(23-15)18(26)17(29-19)16(13-3-5-14(21)6-4-13)24-9-7-20(8-10-24)27-11-12-28-20/h3-6,16,26H,2,7-12H2,1H3/p+1/t16-/m1/s1. The second-order valence-electron chi connectivity index (χ2n) is 7.62. The van der Waals surface area contributed by atoms with E-state index in [9.17, 15) is 9.50 Å². The van der Waals surface area contributed by atoms with Crippen LogP contribution in [0.3, 0.4) is 0 Å². The van der Waals surface area contributed by atoms with Crippen LogP contribution in [-0.4, -0.2) is 51.8 Å². The van der Waals surface area contributed by atoms with Crippen LogP contribution in [0.5, 0.6) is 5.88 Å². The average molecular weight is 420 g/mol. The van der Waals surface area contributed by atoms with Gasteiger partial charge < -0.3 is 19.5 Å². The van der Waals surface area contributed by atoms with E-state index in [0.717, 1.165) is 36.4 Å². The SMILES string of the molecule is CCc1nc2sc([C@@H](c3ccc(F)cc3)[NH+]3CCC4(CC3)OCCO4)c(O)n2n1. The van der Waals surface area contributed by atoms with E-state index in [-0.39, 0.29) is 17.7 Å². The van der Waals surface area contributed by atoms with Crippen molar-refractivity contribution < 1.29 is 23.9 Å². The lowest BCUT2D eigenvalue weighted by Crippen LogP contribution is -3.14. The first-order valence-electron chi connectivity index (χ1n) is 10.0. The van der Waals surface area contributed by atoms with E-state index in [0.29, 0.717) is 30.4 Å². The zero-order valence-corrected chi connectivity index (χ0v) is 17.0. The maximum absolute atomic E-state index is 13.6. The Kier molecular flexibility index (Phi) is 4.78. The molecular weight excluding hydrogens is 395 g/mol. The molecule has 7 nitrogen and oxygen atoms in total. The topological polar surface area (TPSA) is 73.3 Å². The van der Waals surface area contributed by atoms with Crippen molar-refractivity contribution in [1.82, 2.24) is 14.6 Å². The van der Waals surface area contributed by atoms with Crippen LogP contribution in [0.2, 0.25) is 0 Å². The number of aromatic hydroxyl groups is 1. The number of ether oxygens (including phenoxy) is 2. The van der Waals surface area contributed by atoms with Crippen LogP contribution >= 0.6 is 11.3 Å².